The minimum absolute atomic E-state index is 0.493. The molecular formula is C26H22BrNO2. The van der Waals surface area contributed by atoms with Crippen molar-refractivity contribution >= 4 is 27.4 Å². The molecule has 1 heterocycles. The highest BCUT2D eigenvalue weighted by molar-refractivity contribution is 9.10. The van der Waals surface area contributed by atoms with Crippen LogP contribution in [0.3, 0.4) is 0 Å². The normalized spacial score (nSPS) is 25.2. The standard InChI is InChI=1S/C26H22BrNO2/c1-18-17-25(2)26(21-11-7-4-8-12-21,23(18)19-9-5-3-6-10-19)29-24(28-30-25)20-13-15-22(27)16-14-20/h3-16H,17H2,1-2H3/t25-,26+/m1/s1. The van der Waals surface area contributed by atoms with Gasteiger partial charge in [-0.15, -0.1) is 0 Å². The molecular weight excluding hydrogens is 438 g/mol. The van der Waals surface area contributed by atoms with Gasteiger partial charge < -0.3 is 9.57 Å². The maximum Gasteiger partial charge on any atom is 0.259 e. The molecule has 0 fully saturated rings. The van der Waals surface area contributed by atoms with Crippen LogP contribution in [-0.2, 0) is 15.2 Å². The van der Waals surface area contributed by atoms with E-state index in [1.165, 1.54) is 5.57 Å². The molecule has 30 heavy (non-hydrogen) atoms. The lowest BCUT2D eigenvalue weighted by Crippen LogP contribution is -2.54. The van der Waals surface area contributed by atoms with Gasteiger partial charge in [0.15, 0.2) is 5.60 Å². The van der Waals surface area contributed by atoms with E-state index in [9.17, 15) is 0 Å². The molecule has 0 spiro atoms. The fraction of sp³-hybridized carbons (Fsp3) is 0.192. The molecule has 2 aliphatic rings. The molecule has 5 rings (SSSR count). The molecule has 3 nitrogen and oxygen atoms in total. The SMILES string of the molecule is CC1=C(c2ccccc2)[C@]2(c3ccccc3)OC(c3ccc(Br)cc3)=NO[C@]2(C)C1. The van der Waals surface area contributed by atoms with Gasteiger partial charge in [0.05, 0.1) is 0 Å². The van der Waals surface area contributed by atoms with Crippen molar-refractivity contribution in [3.8, 4) is 0 Å². The van der Waals surface area contributed by atoms with Crippen LogP contribution >= 0.6 is 15.9 Å². The molecule has 0 bridgehead atoms. The lowest BCUT2D eigenvalue weighted by Gasteiger charge is -2.46. The summed E-state index contributed by atoms with van der Waals surface area (Å²) < 4.78 is 7.91. The molecule has 4 heteroatoms. The van der Waals surface area contributed by atoms with Gasteiger partial charge in [-0.3, -0.25) is 0 Å². The maximum atomic E-state index is 6.90. The molecule has 0 aromatic heterocycles. The van der Waals surface area contributed by atoms with E-state index in [0.29, 0.717) is 5.90 Å². The fourth-order valence-corrected chi connectivity index (χ4v) is 5.05. The Balaban J connectivity index is 1.74. The van der Waals surface area contributed by atoms with E-state index in [1.807, 2.05) is 36.4 Å². The molecule has 2 atom stereocenters. The summed E-state index contributed by atoms with van der Waals surface area (Å²) in [4.78, 5) is 6.28. The van der Waals surface area contributed by atoms with E-state index in [-0.39, 0.29) is 0 Å². The van der Waals surface area contributed by atoms with Crippen molar-refractivity contribution < 1.29 is 9.57 Å². The molecule has 0 radical (unpaired) electrons. The second-order valence-electron chi connectivity index (χ2n) is 8.07. The summed E-state index contributed by atoms with van der Waals surface area (Å²) in [6.07, 6.45) is 0.739. The van der Waals surface area contributed by atoms with Gasteiger partial charge in [-0.05, 0) is 48.8 Å². The number of rotatable bonds is 3. The Bertz CT molecular complexity index is 1140. The summed E-state index contributed by atoms with van der Waals surface area (Å²) in [7, 11) is 0. The number of nitrogens with zero attached hydrogens (tertiary/aromatic N) is 1. The predicted molar refractivity (Wildman–Crippen MR) is 123 cm³/mol. The Labute approximate surface area is 185 Å². The van der Waals surface area contributed by atoms with Gasteiger partial charge in [-0.2, -0.15) is 0 Å². The minimum atomic E-state index is -0.802. The topological polar surface area (TPSA) is 30.8 Å². The van der Waals surface area contributed by atoms with Gasteiger partial charge in [-0.25, -0.2) is 0 Å². The van der Waals surface area contributed by atoms with Crippen molar-refractivity contribution in [2.75, 3.05) is 0 Å². The molecule has 0 amide bonds. The number of benzene rings is 3. The van der Waals surface area contributed by atoms with Crippen LogP contribution < -0.4 is 0 Å². The number of ether oxygens (including phenoxy) is 1. The molecule has 1 aliphatic carbocycles. The van der Waals surface area contributed by atoms with Gasteiger partial charge in [0.2, 0.25) is 5.60 Å². The van der Waals surface area contributed by atoms with Crippen LogP contribution in [0.15, 0.2) is 100 Å². The van der Waals surface area contributed by atoms with E-state index < -0.39 is 11.2 Å². The zero-order chi connectivity index (χ0) is 20.8. The monoisotopic (exact) mass is 459 g/mol. The van der Waals surface area contributed by atoms with Crippen LogP contribution in [0.1, 0.15) is 37.0 Å². The Morgan fingerprint density at radius 2 is 1.47 bits per heavy atom. The Kier molecular flexibility index (Phi) is 4.55. The van der Waals surface area contributed by atoms with Crippen molar-refractivity contribution in [1.82, 2.24) is 0 Å². The lowest BCUT2D eigenvalue weighted by molar-refractivity contribution is -0.160. The third kappa shape index (κ3) is 2.82. The zero-order valence-corrected chi connectivity index (χ0v) is 18.5. The van der Waals surface area contributed by atoms with Gasteiger partial charge in [-0.1, -0.05) is 82.2 Å². The first-order valence-corrected chi connectivity index (χ1v) is 10.9. The molecule has 150 valence electrons. The number of hydrogen-bond acceptors (Lipinski definition) is 3. The van der Waals surface area contributed by atoms with E-state index in [4.69, 9.17) is 9.57 Å². The van der Waals surface area contributed by atoms with Crippen molar-refractivity contribution in [2.24, 2.45) is 5.16 Å². The number of fused-ring (bicyclic) bond motifs is 1. The van der Waals surface area contributed by atoms with Crippen molar-refractivity contribution in [3.63, 3.8) is 0 Å². The first-order valence-electron chi connectivity index (χ1n) is 10.1. The molecule has 0 saturated heterocycles. The van der Waals surface area contributed by atoms with Gasteiger partial charge in [0.1, 0.15) is 0 Å². The summed E-state index contributed by atoms with van der Waals surface area (Å²) >= 11 is 3.50. The average Bonchev–Trinajstić information content (AvgIpc) is 3.02. The first-order chi connectivity index (χ1) is 14.5. The van der Waals surface area contributed by atoms with Gasteiger partial charge >= 0.3 is 0 Å². The highest BCUT2D eigenvalue weighted by Crippen LogP contribution is 2.59. The molecule has 1 aliphatic heterocycles. The van der Waals surface area contributed by atoms with E-state index >= 15 is 0 Å². The van der Waals surface area contributed by atoms with Crippen LogP contribution in [0.2, 0.25) is 0 Å². The van der Waals surface area contributed by atoms with Crippen LogP contribution in [0, 0.1) is 0 Å². The average molecular weight is 460 g/mol. The van der Waals surface area contributed by atoms with Crippen molar-refractivity contribution in [1.29, 1.82) is 0 Å². The van der Waals surface area contributed by atoms with Crippen LogP contribution in [-0.4, -0.2) is 11.5 Å². The third-order valence-corrected chi connectivity index (χ3v) is 6.57. The van der Waals surface area contributed by atoms with Crippen molar-refractivity contribution in [3.05, 3.63) is 112 Å². The van der Waals surface area contributed by atoms with Crippen LogP contribution in [0.25, 0.3) is 5.57 Å². The van der Waals surface area contributed by atoms with E-state index in [0.717, 1.165) is 33.2 Å². The van der Waals surface area contributed by atoms with E-state index in [1.54, 1.807) is 0 Å². The maximum absolute atomic E-state index is 6.90. The first kappa shape index (κ1) is 19.1. The number of halogens is 1. The third-order valence-electron chi connectivity index (χ3n) is 6.04. The van der Waals surface area contributed by atoms with Gasteiger partial charge in [0.25, 0.3) is 5.90 Å². The second kappa shape index (κ2) is 7.13. The Morgan fingerprint density at radius 3 is 2.13 bits per heavy atom. The second-order valence-corrected chi connectivity index (χ2v) is 8.99. The van der Waals surface area contributed by atoms with Gasteiger partial charge in [0, 0.05) is 27.6 Å². The highest BCUT2D eigenvalue weighted by atomic mass is 79.9. The fourth-order valence-electron chi connectivity index (χ4n) is 4.79. The summed E-state index contributed by atoms with van der Waals surface area (Å²) in [6, 6.07) is 28.8. The predicted octanol–water partition coefficient (Wildman–Crippen LogP) is 6.69. The van der Waals surface area contributed by atoms with Crippen LogP contribution in [0.4, 0.5) is 0 Å². The Hall–Kier alpha value is -2.85. The molecule has 0 saturated carbocycles. The van der Waals surface area contributed by atoms with E-state index in [2.05, 4.69) is 83.5 Å². The molecule has 3 aromatic rings. The summed E-state index contributed by atoms with van der Waals surface area (Å²) in [6.45, 7) is 4.27. The quantitative estimate of drug-likeness (QED) is 0.436. The smallest absolute Gasteiger partial charge is 0.259 e. The zero-order valence-electron chi connectivity index (χ0n) is 16.9. The molecule has 0 N–H and O–H groups in total. The highest BCUT2D eigenvalue weighted by Gasteiger charge is 2.64. The number of oxime groups is 1. The molecule has 0 unspecified atom stereocenters. The largest absolute Gasteiger partial charge is 0.454 e. The number of hydrogen-bond donors (Lipinski definition) is 0. The molecule has 3 aromatic carbocycles. The summed E-state index contributed by atoms with van der Waals surface area (Å²) in [5, 5.41) is 4.43. The lowest BCUT2D eigenvalue weighted by atomic mass is 9.74. The Morgan fingerprint density at radius 1 is 0.833 bits per heavy atom. The minimum Gasteiger partial charge on any atom is -0.454 e. The summed E-state index contributed by atoms with van der Waals surface area (Å²) in [5.41, 5.74) is 4.04. The summed E-state index contributed by atoms with van der Waals surface area (Å²) in [5.74, 6) is 0.493. The van der Waals surface area contributed by atoms with Crippen molar-refractivity contribution in [2.45, 2.75) is 31.5 Å². The van der Waals surface area contributed by atoms with Crippen LogP contribution in [0.5, 0.6) is 0 Å².